The quantitative estimate of drug-likeness (QED) is 0.497. The molecule has 0 aliphatic rings. The third-order valence-electron chi connectivity index (χ3n) is 2.64. The van der Waals surface area contributed by atoms with Crippen LogP contribution in [-0.2, 0) is 16.1 Å². The molecule has 114 valence electrons. The number of amides is 2. The van der Waals surface area contributed by atoms with Crippen molar-refractivity contribution in [2.24, 2.45) is 0 Å². The Bertz CT molecular complexity index is 514. The zero-order valence-corrected chi connectivity index (χ0v) is 11.1. The fraction of sp³-hybridized carbons (Fsp3) is 0.308. The number of phenols is 1. The van der Waals surface area contributed by atoms with Crippen LogP contribution >= 0.6 is 0 Å². The molecule has 0 fully saturated rings. The van der Waals surface area contributed by atoms with Crippen LogP contribution in [-0.4, -0.2) is 39.3 Å². The van der Waals surface area contributed by atoms with E-state index in [1.165, 1.54) is 12.1 Å². The topological polar surface area (TPSA) is 136 Å². The van der Waals surface area contributed by atoms with E-state index < -0.39 is 24.0 Å². The molecular weight excluding hydrogens is 280 g/mol. The Kier molecular flexibility index (Phi) is 5.99. The lowest BCUT2D eigenvalue weighted by molar-refractivity contribution is -0.140. The number of hydrogen-bond acceptors (Lipinski definition) is 4. The number of carboxylic acids is 2. The van der Waals surface area contributed by atoms with Crippen LogP contribution in [0.2, 0.25) is 0 Å². The maximum absolute atomic E-state index is 11.6. The zero-order chi connectivity index (χ0) is 15.8. The summed E-state index contributed by atoms with van der Waals surface area (Å²) in [5.74, 6) is -2.33. The number of phenolic OH excluding ortho intramolecular Hbond substituents is 1. The third-order valence-corrected chi connectivity index (χ3v) is 2.64. The summed E-state index contributed by atoms with van der Waals surface area (Å²) in [4.78, 5) is 32.9. The van der Waals surface area contributed by atoms with Crippen LogP contribution < -0.4 is 10.6 Å². The van der Waals surface area contributed by atoms with E-state index in [1.54, 1.807) is 12.1 Å². The molecule has 0 aromatic heterocycles. The molecule has 0 heterocycles. The van der Waals surface area contributed by atoms with Gasteiger partial charge in [0.05, 0.1) is 0 Å². The number of carboxylic acid groups (broad SMARTS) is 2. The van der Waals surface area contributed by atoms with Crippen LogP contribution in [0.4, 0.5) is 4.79 Å². The van der Waals surface area contributed by atoms with Crippen LogP contribution in [0.3, 0.4) is 0 Å². The molecular formula is C13H16N2O6. The van der Waals surface area contributed by atoms with Crippen molar-refractivity contribution in [2.75, 3.05) is 0 Å². The van der Waals surface area contributed by atoms with Gasteiger partial charge < -0.3 is 26.0 Å². The highest BCUT2D eigenvalue weighted by Gasteiger charge is 2.20. The summed E-state index contributed by atoms with van der Waals surface area (Å²) in [5.41, 5.74) is 0.723. The van der Waals surface area contributed by atoms with E-state index in [1.807, 2.05) is 0 Å². The van der Waals surface area contributed by atoms with Crippen molar-refractivity contribution in [3.05, 3.63) is 29.8 Å². The highest BCUT2D eigenvalue weighted by molar-refractivity contribution is 5.82. The summed E-state index contributed by atoms with van der Waals surface area (Å²) < 4.78 is 0. The van der Waals surface area contributed by atoms with Gasteiger partial charge >= 0.3 is 18.0 Å². The minimum absolute atomic E-state index is 0.0998. The Labute approximate surface area is 120 Å². The maximum atomic E-state index is 11.6. The van der Waals surface area contributed by atoms with Crippen molar-refractivity contribution in [3.8, 4) is 5.75 Å². The van der Waals surface area contributed by atoms with E-state index in [9.17, 15) is 14.4 Å². The predicted octanol–water partition coefficient (Wildman–Crippen LogP) is 0.509. The van der Waals surface area contributed by atoms with Gasteiger partial charge in [-0.3, -0.25) is 4.79 Å². The fourth-order valence-corrected chi connectivity index (χ4v) is 1.53. The highest BCUT2D eigenvalue weighted by atomic mass is 16.4. The van der Waals surface area contributed by atoms with Crippen molar-refractivity contribution >= 4 is 18.0 Å². The molecule has 0 aliphatic heterocycles. The Balaban J connectivity index is 2.44. The molecule has 21 heavy (non-hydrogen) atoms. The SMILES string of the molecule is O=C(O)CC[C@H](NC(=O)NCc1ccc(O)cc1)C(=O)O. The largest absolute Gasteiger partial charge is 0.508 e. The molecule has 0 radical (unpaired) electrons. The first kappa shape index (κ1) is 16.3. The van der Waals surface area contributed by atoms with Crippen LogP contribution in [0.5, 0.6) is 5.75 Å². The van der Waals surface area contributed by atoms with E-state index in [2.05, 4.69) is 10.6 Å². The molecule has 0 aliphatic carbocycles. The van der Waals surface area contributed by atoms with E-state index in [0.29, 0.717) is 0 Å². The van der Waals surface area contributed by atoms with Gasteiger partial charge in [-0.05, 0) is 24.1 Å². The summed E-state index contributed by atoms with van der Waals surface area (Å²) in [7, 11) is 0. The van der Waals surface area contributed by atoms with Gasteiger partial charge in [-0.2, -0.15) is 0 Å². The maximum Gasteiger partial charge on any atom is 0.326 e. The monoisotopic (exact) mass is 296 g/mol. The van der Waals surface area contributed by atoms with Crippen molar-refractivity contribution < 1.29 is 29.7 Å². The summed E-state index contributed by atoms with van der Waals surface area (Å²) in [6.07, 6.45) is -0.549. The number of aromatic hydroxyl groups is 1. The van der Waals surface area contributed by atoms with E-state index in [4.69, 9.17) is 15.3 Å². The van der Waals surface area contributed by atoms with Gasteiger partial charge in [0.15, 0.2) is 0 Å². The number of rotatable bonds is 7. The molecule has 2 amide bonds. The first-order valence-corrected chi connectivity index (χ1v) is 6.15. The Hall–Kier alpha value is -2.77. The Morgan fingerprint density at radius 2 is 1.71 bits per heavy atom. The zero-order valence-electron chi connectivity index (χ0n) is 11.1. The molecule has 8 heteroatoms. The number of aliphatic carboxylic acids is 2. The minimum Gasteiger partial charge on any atom is -0.508 e. The lowest BCUT2D eigenvalue weighted by atomic mass is 10.1. The first-order valence-electron chi connectivity index (χ1n) is 6.15. The van der Waals surface area contributed by atoms with Crippen molar-refractivity contribution in [3.63, 3.8) is 0 Å². The van der Waals surface area contributed by atoms with Crippen LogP contribution in [0.25, 0.3) is 0 Å². The number of carbonyl (C=O) groups excluding carboxylic acids is 1. The number of benzene rings is 1. The molecule has 5 N–H and O–H groups in total. The molecule has 1 aromatic rings. The molecule has 1 aromatic carbocycles. The molecule has 1 atom stereocenters. The molecule has 0 bridgehead atoms. The smallest absolute Gasteiger partial charge is 0.326 e. The van der Waals surface area contributed by atoms with Crippen molar-refractivity contribution in [1.29, 1.82) is 0 Å². The lowest BCUT2D eigenvalue weighted by Crippen LogP contribution is -2.45. The van der Waals surface area contributed by atoms with Gasteiger partial charge in [-0.25, -0.2) is 9.59 Å². The second-order valence-corrected chi connectivity index (χ2v) is 4.32. The summed E-state index contributed by atoms with van der Waals surface area (Å²) >= 11 is 0. The lowest BCUT2D eigenvalue weighted by Gasteiger charge is -2.14. The van der Waals surface area contributed by atoms with Gasteiger partial charge in [-0.15, -0.1) is 0 Å². The molecule has 8 nitrogen and oxygen atoms in total. The van der Waals surface area contributed by atoms with Gasteiger partial charge in [0.2, 0.25) is 0 Å². The highest BCUT2D eigenvalue weighted by Crippen LogP contribution is 2.09. The number of urea groups is 1. The Morgan fingerprint density at radius 3 is 2.24 bits per heavy atom. The van der Waals surface area contributed by atoms with Crippen molar-refractivity contribution in [1.82, 2.24) is 10.6 Å². The second kappa shape index (κ2) is 7.73. The summed E-state index contributed by atoms with van der Waals surface area (Å²) in [6.45, 7) is 0.150. The minimum atomic E-state index is -1.30. The van der Waals surface area contributed by atoms with Crippen LogP contribution in [0, 0.1) is 0 Å². The predicted molar refractivity (Wildman–Crippen MR) is 71.8 cm³/mol. The van der Waals surface area contributed by atoms with Gasteiger partial charge in [0.1, 0.15) is 11.8 Å². The molecule has 0 spiro atoms. The Morgan fingerprint density at radius 1 is 1.10 bits per heavy atom. The molecule has 0 unspecified atom stereocenters. The molecule has 0 saturated heterocycles. The third kappa shape index (κ3) is 6.28. The second-order valence-electron chi connectivity index (χ2n) is 4.32. The molecule has 1 rings (SSSR count). The van der Waals surface area contributed by atoms with Crippen LogP contribution in [0.15, 0.2) is 24.3 Å². The summed E-state index contributed by atoms with van der Waals surface area (Å²) in [5, 5.41) is 31.1. The number of nitrogens with one attached hydrogen (secondary N) is 2. The van der Waals surface area contributed by atoms with Gasteiger partial charge in [-0.1, -0.05) is 12.1 Å². The van der Waals surface area contributed by atoms with Crippen LogP contribution in [0.1, 0.15) is 18.4 Å². The van der Waals surface area contributed by atoms with E-state index in [0.717, 1.165) is 5.56 Å². The van der Waals surface area contributed by atoms with E-state index in [-0.39, 0.29) is 25.1 Å². The van der Waals surface area contributed by atoms with Gasteiger partial charge in [0.25, 0.3) is 0 Å². The molecule has 0 saturated carbocycles. The van der Waals surface area contributed by atoms with Gasteiger partial charge in [0, 0.05) is 13.0 Å². The fourth-order valence-electron chi connectivity index (χ4n) is 1.53. The van der Waals surface area contributed by atoms with Crippen molar-refractivity contribution in [2.45, 2.75) is 25.4 Å². The first-order chi connectivity index (χ1) is 9.88. The summed E-state index contributed by atoms with van der Waals surface area (Å²) in [6, 6.07) is 4.16. The number of hydrogen-bond donors (Lipinski definition) is 5. The average Bonchev–Trinajstić information content (AvgIpc) is 2.42. The normalized spacial score (nSPS) is 11.4. The average molecular weight is 296 g/mol. The number of carbonyl (C=O) groups is 3. The standard InChI is InChI=1S/C13H16N2O6/c16-9-3-1-8(2-4-9)7-14-13(21)15-10(12(19)20)5-6-11(17)18/h1-4,10,16H,5-7H2,(H,17,18)(H,19,20)(H2,14,15,21)/t10-/m0/s1. The van der Waals surface area contributed by atoms with E-state index >= 15 is 0 Å².